The van der Waals surface area contributed by atoms with Gasteiger partial charge in [0, 0.05) is 0 Å². The van der Waals surface area contributed by atoms with E-state index in [0.717, 1.165) is 11.8 Å². The maximum Gasteiger partial charge on any atom is -0.0114 e. The standard InChI is InChI=1S/2C37H33.2CH3.2ClH.Si.Zr/c2*1-2-4-12-26(11-3-1)23-27-24-36-34(32-19-9-15-28-13-5-7-17-30(28)32)21-22-35(37(36)25-27)33-20-10-16-29-14-6-8-18-31(29)33;;;;;;/h2*5-10,13-22,24-26H,1-4,11-12,23H2;2*1H3;2*1H;;/q4*-1;;;;. The first-order valence-electron chi connectivity index (χ1n) is 28.3. The van der Waals surface area contributed by atoms with Crippen LogP contribution in [-0.4, -0.2) is 6.88 Å². The molecule has 2 radical (unpaired) electrons. The molecule has 2 fully saturated rings. The third-order valence-electron chi connectivity index (χ3n) is 17.2. The monoisotopic (exact) mass is 1170 g/mol. The van der Waals surface area contributed by atoms with Gasteiger partial charge in [0.1, 0.15) is 0 Å². The largest absolute Gasteiger partial charge is 0.164 e. The maximum absolute atomic E-state index is 3.06. The summed E-state index contributed by atoms with van der Waals surface area (Å²) in [7, 11) is 0. The number of benzene rings is 10. The smallest absolute Gasteiger partial charge is 0.0114 e. The van der Waals surface area contributed by atoms with E-state index in [1.165, 1.54) is 233 Å². The summed E-state index contributed by atoms with van der Waals surface area (Å²) in [5, 5.41) is 16.1. The molecule has 0 atom stereocenters. The molecular weight excluding hydrogens is 1100 g/mol. The second kappa shape index (κ2) is 28.2. The van der Waals surface area contributed by atoms with Crippen molar-refractivity contribution in [2.45, 2.75) is 89.9 Å². The minimum atomic E-state index is 0. The van der Waals surface area contributed by atoms with Gasteiger partial charge in [-0.1, -0.05) is 305 Å². The van der Waals surface area contributed by atoms with Crippen LogP contribution >= 0.6 is 24.8 Å². The Bertz CT molecular complexity index is 3460. The van der Waals surface area contributed by atoms with E-state index in [0.29, 0.717) is 0 Å². The van der Waals surface area contributed by atoms with Crippen LogP contribution in [0.2, 0.25) is 0 Å². The van der Waals surface area contributed by atoms with Crippen LogP contribution in [0.4, 0.5) is 0 Å². The predicted octanol–water partition coefficient (Wildman–Crippen LogP) is 22.8. The number of rotatable bonds is 8. The topological polar surface area (TPSA) is 0 Å². The van der Waals surface area contributed by atoms with Crippen molar-refractivity contribution in [3.63, 3.8) is 0 Å². The fraction of sp³-hybridized carbons (Fsp3) is 0.211. The average Bonchev–Trinajstić information content (AvgIpc) is 4.09. The van der Waals surface area contributed by atoms with Gasteiger partial charge in [-0.3, -0.25) is 0 Å². The molecule has 0 saturated heterocycles. The van der Waals surface area contributed by atoms with Gasteiger partial charge in [-0.25, -0.2) is 0 Å². The van der Waals surface area contributed by atoms with Crippen molar-refractivity contribution < 1.29 is 23.3 Å². The number of hydrogen-bond acceptors (Lipinski definition) is 0. The van der Waals surface area contributed by atoms with Gasteiger partial charge in [-0.05, 0) is 78.9 Å². The van der Waals surface area contributed by atoms with Gasteiger partial charge in [0.2, 0.25) is 0 Å². The number of fused-ring (bicyclic) bond motifs is 6. The molecule has 404 valence electrons. The number of hydrogen-bond donors (Lipinski definition) is 0. The van der Waals surface area contributed by atoms with Crippen molar-refractivity contribution in [1.82, 2.24) is 0 Å². The van der Waals surface area contributed by atoms with Gasteiger partial charge in [-0.2, -0.15) is 12.1 Å². The van der Waals surface area contributed by atoms with Crippen LogP contribution in [0.5, 0.6) is 0 Å². The first kappa shape index (κ1) is 60.2. The van der Waals surface area contributed by atoms with E-state index in [1.54, 1.807) is 0 Å². The predicted molar refractivity (Wildman–Crippen MR) is 354 cm³/mol. The first-order chi connectivity index (χ1) is 37.7. The summed E-state index contributed by atoms with van der Waals surface area (Å²) in [6, 6.07) is 81.7. The van der Waals surface area contributed by atoms with Crippen molar-refractivity contribution in [3.8, 4) is 44.5 Å². The summed E-state index contributed by atoms with van der Waals surface area (Å²) in [6.07, 6.45) is 19.2. The SMILES string of the molecule is Cl.Cl.[CH3-].[CH3-].[Si]=[Zr].c1ccc2c(-c3ccc(-c4cccc5ccccc45)c4[cH-]c(CC5CCCCCC5)cc34)cccc2c1.c1ccc2c(-c3ccc(-c4cccc5ccccc45)c4[cH-]c(CC5CCCCCC5)cc34)cccc2c1. The van der Waals surface area contributed by atoms with E-state index >= 15 is 0 Å². The Labute approximate surface area is 506 Å². The zero-order chi connectivity index (χ0) is 51.2. The van der Waals surface area contributed by atoms with Gasteiger partial charge in [-0.15, -0.1) is 69.6 Å². The van der Waals surface area contributed by atoms with Crippen molar-refractivity contribution in [2.24, 2.45) is 11.8 Å². The molecule has 0 N–H and O–H groups in total. The molecule has 80 heavy (non-hydrogen) atoms. The molecule has 14 rings (SSSR count). The Morgan fingerprint density at radius 1 is 0.300 bits per heavy atom. The van der Waals surface area contributed by atoms with E-state index in [9.17, 15) is 0 Å². The minimum absolute atomic E-state index is 0. The quantitative estimate of drug-likeness (QED) is 0.0808. The van der Waals surface area contributed by atoms with Crippen molar-refractivity contribution in [2.75, 3.05) is 0 Å². The molecule has 2 aliphatic carbocycles. The molecule has 0 aliphatic heterocycles. The summed E-state index contributed by atoms with van der Waals surface area (Å²) in [5.41, 5.74) is 13.8. The molecule has 12 aromatic carbocycles. The van der Waals surface area contributed by atoms with Gasteiger partial charge in [0.05, 0.1) is 0 Å². The maximum atomic E-state index is 3.06. The van der Waals surface area contributed by atoms with Crippen molar-refractivity contribution >= 4 is 96.3 Å². The van der Waals surface area contributed by atoms with Crippen molar-refractivity contribution in [1.29, 1.82) is 0 Å². The zero-order valence-electron chi connectivity index (χ0n) is 46.7. The Kier molecular flexibility index (Phi) is 21.2. The zero-order valence-corrected chi connectivity index (χ0v) is 51.7. The van der Waals surface area contributed by atoms with Crippen LogP contribution in [0, 0.1) is 26.7 Å². The van der Waals surface area contributed by atoms with Crippen LogP contribution in [0.15, 0.2) is 218 Å². The van der Waals surface area contributed by atoms with Crippen LogP contribution in [0.1, 0.15) is 88.2 Å². The molecule has 0 spiro atoms. The molecule has 0 heterocycles. The molecule has 2 saturated carbocycles. The van der Waals surface area contributed by atoms with E-state index in [4.69, 9.17) is 0 Å². The third kappa shape index (κ3) is 12.6. The van der Waals surface area contributed by atoms with E-state index < -0.39 is 0 Å². The average molecular weight is 1180 g/mol. The number of halogens is 2. The van der Waals surface area contributed by atoms with Crippen molar-refractivity contribution in [3.05, 3.63) is 244 Å². The molecule has 0 amide bonds. The van der Waals surface area contributed by atoms with Crippen LogP contribution in [0.25, 0.3) is 109 Å². The second-order valence-corrected chi connectivity index (χ2v) is 21.9. The van der Waals surface area contributed by atoms with Crippen LogP contribution in [-0.2, 0) is 36.2 Å². The van der Waals surface area contributed by atoms with Gasteiger partial charge < -0.3 is 14.9 Å². The summed E-state index contributed by atoms with van der Waals surface area (Å²) < 4.78 is 0. The van der Waals surface area contributed by atoms with Gasteiger partial charge >= 0.3 is 30.2 Å². The molecule has 2 aliphatic rings. The normalized spacial score (nSPS) is 13.8. The summed E-state index contributed by atoms with van der Waals surface area (Å²) >= 11 is 1.36. The second-order valence-electron chi connectivity index (χ2n) is 21.9. The summed E-state index contributed by atoms with van der Waals surface area (Å²) in [4.78, 5) is 0. The molecule has 4 heteroatoms. The fourth-order valence-electron chi connectivity index (χ4n) is 13.5. The van der Waals surface area contributed by atoms with E-state index in [1.807, 2.05) is 0 Å². The van der Waals surface area contributed by atoms with E-state index in [2.05, 4.69) is 225 Å². The van der Waals surface area contributed by atoms with E-state index in [-0.39, 0.29) is 39.7 Å². The summed E-state index contributed by atoms with van der Waals surface area (Å²) in [5.74, 6) is 1.64. The fourth-order valence-corrected chi connectivity index (χ4v) is 13.5. The molecule has 0 unspecified atom stereocenters. The third-order valence-corrected chi connectivity index (χ3v) is 17.2. The van der Waals surface area contributed by atoms with Crippen LogP contribution in [0.3, 0.4) is 0 Å². The van der Waals surface area contributed by atoms with Crippen LogP contribution < -0.4 is 0 Å². The molecule has 0 nitrogen and oxygen atoms in total. The van der Waals surface area contributed by atoms with Gasteiger partial charge in [0.15, 0.2) is 0 Å². The Hall–Kier alpha value is -5.86. The molecule has 0 aromatic heterocycles. The molecule has 12 aromatic rings. The molecular formula is C76H74Cl2SiZr-4. The van der Waals surface area contributed by atoms with Gasteiger partial charge in [0.25, 0.3) is 0 Å². The Balaban J connectivity index is 0.000000195. The Morgan fingerprint density at radius 3 is 0.863 bits per heavy atom. The molecule has 0 bridgehead atoms. The summed E-state index contributed by atoms with van der Waals surface area (Å²) in [6.45, 7) is 3.06. The first-order valence-corrected chi connectivity index (χ1v) is 32.5. The minimum Gasteiger partial charge on any atom is -0.164 e. The Morgan fingerprint density at radius 2 is 0.550 bits per heavy atom.